The van der Waals surface area contributed by atoms with E-state index in [4.69, 9.17) is 0 Å². The lowest BCUT2D eigenvalue weighted by Gasteiger charge is -2.09. The van der Waals surface area contributed by atoms with Crippen molar-refractivity contribution >= 4 is 44.0 Å². The molecule has 0 bridgehead atoms. The van der Waals surface area contributed by atoms with Gasteiger partial charge in [0, 0.05) is 21.7 Å². The maximum atomic E-state index is 11.7. The molecule has 0 saturated heterocycles. The summed E-state index contributed by atoms with van der Waals surface area (Å²) in [6.07, 6.45) is 1.70. The summed E-state index contributed by atoms with van der Waals surface area (Å²) < 4.78 is 0.999. The first-order valence-corrected chi connectivity index (χ1v) is 7.02. The van der Waals surface area contributed by atoms with E-state index in [0.29, 0.717) is 0 Å². The van der Waals surface area contributed by atoms with Gasteiger partial charge in [-0.3, -0.25) is 4.79 Å². The largest absolute Gasteiger partial charge is 0.352 e. The Bertz CT molecular complexity index is 542. The molecule has 6 heteroatoms. The summed E-state index contributed by atoms with van der Waals surface area (Å²) in [6, 6.07) is 5.74. The molecule has 0 atom stereocenters. The molecular formula is C12H12BrN3OS. The first-order chi connectivity index (χ1) is 8.65. The second-order valence-electron chi connectivity index (χ2n) is 3.70. The van der Waals surface area contributed by atoms with Gasteiger partial charge < -0.3 is 10.6 Å². The highest BCUT2D eigenvalue weighted by Gasteiger charge is 2.05. The lowest BCUT2D eigenvalue weighted by molar-refractivity contribution is -0.114. The molecule has 0 saturated carbocycles. The fraction of sp³-hybridized carbons (Fsp3) is 0.167. The van der Waals surface area contributed by atoms with Gasteiger partial charge in [-0.25, -0.2) is 4.98 Å². The lowest BCUT2D eigenvalue weighted by Crippen LogP contribution is -2.22. The molecule has 1 aromatic carbocycles. The van der Waals surface area contributed by atoms with Crippen molar-refractivity contribution in [3.05, 3.63) is 39.8 Å². The third kappa shape index (κ3) is 3.54. The molecule has 1 aromatic heterocycles. The van der Waals surface area contributed by atoms with Gasteiger partial charge in [0.25, 0.3) is 0 Å². The zero-order chi connectivity index (χ0) is 13.0. The molecule has 18 heavy (non-hydrogen) atoms. The maximum absolute atomic E-state index is 11.7. The maximum Gasteiger partial charge on any atom is 0.243 e. The summed E-state index contributed by atoms with van der Waals surface area (Å²) in [5.74, 6) is -0.0874. The second-order valence-corrected chi connectivity index (χ2v) is 5.51. The summed E-state index contributed by atoms with van der Waals surface area (Å²) in [4.78, 5) is 15.8. The Hall–Kier alpha value is -1.40. The van der Waals surface area contributed by atoms with E-state index < -0.39 is 0 Å². The Balaban J connectivity index is 1.91. The number of nitrogens with one attached hydrogen (secondary N) is 2. The molecule has 0 radical (unpaired) electrons. The van der Waals surface area contributed by atoms with Crippen LogP contribution in [0.15, 0.2) is 34.2 Å². The van der Waals surface area contributed by atoms with Crippen LogP contribution in [0.25, 0.3) is 0 Å². The predicted octanol–water partition coefficient (Wildman–Crippen LogP) is 3.26. The molecule has 2 rings (SSSR count). The number of aryl methyl sites for hydroxylation is 1. The van der Waals surface area contributed by atoms with Crippen LogP contribution < -0.4 is 10.6 Å². The molecule has 94 valence electrons. The van der Waals surface area contributed by atoms with Gasteiger partial charge in [0.1, 0.15) is 0 Å². The summed E-state index contributed by atoms with van der Waals surface area (Å²) in [5.41, 5.74) is 1.84. The Kier molecular flexibility index (Phi) is 4.33. The van der Waals surface area contributed by atoms with E-state index in [1.54, 1.807) is 6.20 Å². The van der Waals surface area contributed by atoms with Gasteiger partial charge in [-0.05, 0) is 30.7 Å². The van der Waals surface area contributed by atoms with Crippen LogP contribution in [0, 0.1) is 6.92 Å². The number of halogens is 1. The zero-order valence-corrected chi connectivity index (χ0v) is 12.1. The van der Waals surface area contributed by atoms with Crippen molar-refractivity contribution < 1.29 is 4.79 Å². The zero-order valence-electron chi connectivity index (χ0n) is 9.74. The molecule has 2 aromatic rings. The van der Waals surface area contributed by atoms with Gasteiger partial charge in [0.2, 0.25) is 5.91 Å². The number of nitrogens with zero attached hydrogens (tertiary/aromatic N) is 1. The minimum atomic E-state index is -0.0874. The number of hydrogen-bond donors (Lipinski definition) is 2. The normalized spacial score (nSPS) is 10.1. The summed E-state index contributed by atoms with van der Waals surface area (Å²) >= 11 is 4.86. The van der Waals surface area contributed by atoms with Crippen molar-refractivity contribution in [2.75, 3.05) is 17.2 Å². The minimum Gasteiger partial charge on any atom is -0.352 e. The summed E-state index contributed by atoms with van der Waals surface area (Å²) in [5, 5.41) is 8.42. The predicted molar refractivity (Wildman–Crippen MR) is 78.1 cm³/mol. The molecule has 0 aliphatic carbocycles. The smallest absolute Gasteiger partial charge is 0.243 e. The van der Waals surface area contributed by atoms with E-state index in [0.717, 1.165) is 20.9 Å². The number of anilines is 2. The van der Waals surface area contributed by atoms with Crippen LogP contribution in [0.5, 0.6) is 0 Å². The van der Waals surface area contributed by atoms with Crippen molar-refractivity contribution in [3.63, 3.8) is 0 Å². The Morgan fingerprint density at radius 1 is 1.50 bits per heavy atom. The van der Waals surface area contributed by atoms with E-state index in [1.807, 2.05) is 30.5 Å². The first kappa shape index (κ1) is 13.0. The molecule has 1 heterocycles. The van der Waals surface area contributed by atoms with Gasteiger partial charge in [-0.2, -0.15) is 0 Å². The second kappa shape index (κ2) is 5.97. The number of aromatic nitrogens is 1. The number of carbonyl (C=O) groups is 1. The highest BCUT2D eigenvalue weighted by Crippen LogP contribution is 2.20. The van der Waals surface area contributed by atoms with E-state index in [1.165, 1.54) is 11.3 Å². The van der Waals surface area contributed by atoms with Crippen LogP contribution in [0.4, 0.5) is 10.8 Å². The van der Waals surface area contributed by atoms with Crippen molar-refractivity contribution in [2.24, 2.45) is 0 Å². The van der Waals surface area contributed by atoms with Crippen molar-refractivity contribution in [3.8, 4) is 0 Å². The van der Waals surface area contributed by atoms with Crippen LogP contribution in [0.3, 0.4) is 0 Å². The molecule has 0 spiro atoms. The number of rotatable bonds is 4. The van der Waals surface area contributed by atoms with Gasteiger partial charge >= 0.3 is 0 Å². The highest BCUT2D eigenvalue weighted by atomic mass is 79.9. The van der Waals surface area contributed by atoms with Crippen LogP contribution in [0.1, 0.15) is 5.56 Å². The molecule has 0 aliphatic heterocycles. The Morgan fingerprint density at radius 3 is 3.00 bits per heavy atom. The third-order valence-corrected chi connectivity index (χ3v) is 3.52. The Labute approximate surface area is 118 Å². The summed E-state index contributed by atoms with van der Waals surface area (Å²) in [6.45, 7) is 2.16. The SMILES string of the molecule is Cc1cc(Br)ccc1NC(=O)CNc1nccs1. The van der Waals surface area contributed by atoms with E-state index in [-0.39, 0.29) is 12.5 Å². The molecule has 4 nitrogen and oxygen atoms in total. The minimum absolute atomic E-state index is 0.0874. The number of amides is 1. The van der Waals surface area contributed by atoms with Gasteiger partial charge in [-0.15, -0.1) is 11.3 Å². The quantitative estimate of drug-likeness (QED) is 0.907. The molecule has 2 N–H and O–H groups in total. The van der Waals surface area contributed by atoms with E-state index in [2.05, 4.69) is 31.5 Å². The van der Waals surface area contributed by atoms with E-state index in [9.17, 15) is 4.79 Å². The fourth-order valence-corrected chi connectivity index (χ4v) is 2.43. The van der Waals surface area contributed by atoms with Gasteiger partial charge in [0.15, 0.2) is 5.13 Å². The summed E-state index contributed by atoms with van der Waals surface area (Å²) in [7, 11) is 0. The number of thiazole rings is 1. The molecule has 0 unspecified atom stereocenters. The van der Waals surface area contributed by atoms with Crippen molar-refractivity contribution in [1.82, 2.24) is 4.98 Å². The highest BCUT2D eigenvalue weighted by molar-refractivity contribution is 9.10. The van der Waals surface area contributed by atoms with Crippen LogP contribution in [-0.4, -0.2) is 17.4 Å². The van der Waals surface area contributed by atoms with Gasteiger partial charge in [0.05, 0.1) is 6.54 Å². The number of benzene rings is 1. The average Bonchev–Trinajstić information content (AvgIpc) is 2.83. The number of hydrogen-bond acceptors (Lipinski definition) is 4. The van der Waals surface area contributed by atoms with Gasteiger partial charge in [-0.1, -0.05) is 15.9 Å². The van der Waals surface area contributed by atoms with Crippen molar-refractivity contribution in [1.29, 1.82) is 0 Å². The monoisotopic (exact) mass is 325 g/mol. The molecule has 0 fully saturated rings. The Morgan fingerprint density at radius 2 is 2.33 bits per heavy atom. The molecule has 0 aliphatic rings. The first-order valence-electron chi connectivity index (χ1n) is 5.34. The lowest BCUT2D eigenvalue weighted by atomic mass is 10.2. The fourth-order valence-electron chi connectivity index (χ4n) is 1.43. The molecular weight excluding hydrogens is 314 g/mol. The van der Waals surface area contributed by atoms with Crippen molar-refractivity contribution in [2.45, 2.75) is 6.92 Å². The average molecular weight is 326 g/mol. The van der Waals surface area contributed by atoms with Crippen LogP contribution >= 0.6 is 27.3 Å². The topological polar surface area (TPSA) is 54.0 Å². The van der Waals surface area contributed by atoms with Crippen LogP contribution in [-0.2, 0) is 4.79 Å². The molecule has 1 amide bonds. The number of carbonyl (C=O) groups excluding carboxylic acids is 1. The third-order valence-electron chi connectivity index (χ3n) is 2.30. The standard InChI is InChI=1S/C12H12BrN3OS/c1-8-6-9(13)2-3-10(8)16-11(17)7-15-12-14-4-5-18-12/h2-6H,7H2,1H3,(H,14,15)(H,16,17). The van der Waals surface area contributed by atoms with E-state index >= 15 is 0 Å². The van der Waals surface area contributed by atoms with Crippen LogP contribution in [0.2, 0.25) is 0 Å².